The molecule has 3 aliphatic rings. The molecule has 0 heterocycles. The van der Waals surface area contributed by atoms with E-state index in [2.05, 4.69) is 102 Å². The van der Waals surface area contributed by atoms with Gasteiger partial charge in [-0.25, -0.2) is 0 Å². The number of hydrogen-bond acceptors (Lipinski definition) is 0. The smallest absolute Gasteiger partial charge is 0.0252 e. The van der Waals surface area contributed by atoms with Crippen LogP contribution in [0.1, 0.15) is 41.5 Å². The second kappa shape index (κ2) is 5.71. The summed E-state index contributed by atoms with van der Waals surface area (Å²) in [5.74, 6) is 0.853. The van der Waals surface area contributed by atoms with Gasteiger partial charge in [0, 0.05) is 11.8 Å². The zero-order valence-corrected chi connectivity index (χ0v) is 16.9. The third-order valence-corrected chi connectivity index (χ3v) is 6.40. The van der Waals surface area contributed by atoms with E-state index in [1.54, 1.807) is 5.57 Å². The molecule has 0 aromatic heterocycles. The first-order chi connectivity index (χ1) is 12.2. The van der Waals surface area contributed by atoms with Crippen molar-refractivity contribution in [1.82, 2.24) is 0 Å². The molecule has 3 aliphatic carbocycles. The van der Waals surface area contributed by atoms with Gasteiger partial charge in [0.1, 0.15) is 0 Å². The third kappa shape index (κ3) is 2.50. The van der Waals surface area contributed by atoms with Crippen molar-refractivity contribution in [2.75, 3.05) is 0 Å². The monoisotopic (exact) mass is 342 g/mol. The fourth-order valence-corrected chi connectivity index (χ4v) is 5.09. The first kappa shape index (κ1) is 17.3. The van der Waals surface area contributed by atoms with E-state index in [4.69, 9.17) is 0 Å². The normalized spacial score (nSPS) is 24.5. The van der Waals surface area contributed by atoms with E-state index in [0.29, 0.717) is 11.8 Å². The van der Waals surface area contributed by atoms with Crippen LogP contribution < -0.4 is 10.4 Å². The molecule has 0 bridgehead atoms. The second-order valence-electron chi connectivity index (χ2n) is 9.56. The molecule has 0 saturated heterocycles. The van der Waals surface area contributed by atoms with E-state index in [1.165, 1.54) is 27.2 Å². The Morgan fingerprint density at radius 1 is 0.846 bits per heavy atom. The van der Waals surface area contributed by atoms with Gasteiger partial charge in [0.2, 0.25) is 0 Å². The van der Waals surface area contributed by atoms with Crippen LogP contribution in [0.2, 0.25) is 0 Å². The standard InChI is InChI=1S/C26H30/c1-17-15-18(16-23(17)25(2,3)4)26(5,6)24-21-13-9-7-11-19(21)20-12-8-10-14-22(20)24/h7-16,18,21H,1-6H3. The van der Waals surface area contributed by atoms with Crippen LogP contribution in [0.3, 0.4) is 0 Å². The Morgan fingerprint density at radius 3 is 2.19 bits per heavy atom. The first-order valence-corrected chi connectivity index (χ1v) is 9.81. The van der Waals surface area contributed by atoms with Gasteiger partial charge in [-0.2, -0.15) is 0 Å². The van der Waals surface area contributed by atoms with Crippen molar-refractivity contribution in [3.63, 3.8) is 0 Å². The average molecular weight is 343 g/mol. The van der Waals surface area contributed by atoms with Gasteiger partial charge in [-0.1, -0.05) is 101 Å². The number of benzene rings is 1. The Hall–Kier alpha value is -2.08. The van der Waals surface area contributed by atoms with Crippen LogP contribution in [0.15, 0.2) is 71.9 Å². The van der Waals surface area contributed by atoms with Gasteiger partial charge < -0.3 is 0 Å². The van der Waals surface area contributed by atoms with E-state index >= 15 is 0 Å². The number of allylic oxidation sites excluding steroid dienone is 8. The highest BCUT2D eigenvalue weighted by Crippen LogP contribution is 2.50. The molecule has 0 nitrogen and oxygen atoms in total. The summed E-state index contributed by atoms with van der Waals surface area (Å²) in [4.78, 5) is 0. The Morgan fingerprint density at radius 2 is 1.54 bits per heavy atom. The minimum absolute atomic E-state index is 0.0757. The molecule has 26 heavy (non-hydrogen) atoms. The van der Waals surface area contributed by atoms with Crippen LogP contribution in [0.25, 0.3) is 11.1 Å². The molecule has 2 unspecified atom stereocenters. The number of rotatable bonds is 2. The molecule has 0 spiro atoms. The molecule has 0 aliphatic heterocycles. The van der Waals surface area contributed by atoms with Gasteiger partial charge in [0.05, 0.1) is 0 Å². The zero-order valence-electron chi connectivity index (χ0n) is 16.9. The van der Waals surface area contributed by atoms with E-state index in [0.717, 1.165) is 0 Å². The third-order valence-electron chi connectivity index (χ3n) is 6.40. The zero-order chi connectivity index (χ0) is 18.7. The molecule has 0 heteroatoms. The molecule has 0 amide bonds. The predicted octanol–water partition coefficient (Wildman–Crippen LogP) is 5.32. The van der Waals surface area contributed by atoms with Crippen molar-refractivity contribution in [2.24, 2.45) is 22.7 Å². The molecule has 134 valence electrons. The van der Waals surface area contributed by atoms with Crippen molar-refractivity contribution >= 4 is 11.1 Å². The molecule has 0 saturated carbocycles. The lowest BCUT2D eigenvalue weighted by Gasteiger charge is -2.36. The van der Waals surface area contributed by atoms with Crippen LogP contribution in [0.4, 0.5) is 0 Å². The molecule has 0 fully saturated rings. The number of fused-ring (bicyclic) bond motifs is 2. The average Bonchev–Trinajstić information content (AvgIpc) is 3.13. The summed E-state index contributed by atoms with van der Waals surface area (Å²) in [6, 6.07) is 8.96. The van der Waals surface area contributed by atoms with Crippen LogP contribution in [-0.2, 0) is 0 Å². The lowest BCUT2D eigenvalue weighted by atomic mass is 9.68. The van der Waals surface area contributed by atoms with E-state index < -0.39 is 0 Å². The topological polar surface area (TPSA) is 0 Å². The van der Waals surface area contributed by atoms with E-state index in [1.807, 2.05) is 0 Å². The van der Waals surface area contributed by atoms with Crippen molar-refractivity contribution in [3.05, 3.63) is 82.3 Å². The highest BCUT2D eigenvalue weighted by molar-refractivity contribution is 5.82. The Bertz CT molecular complexity index is 997. The highest BCUT2D eigenvalue weighted by Gasteiger charge is 2.40. The summed E-state index contributed by atoms with van der Waals surface area (Å²) >= 11 is 0. The van der Waals surface area contributed by atoms with Gasteiger partial charge in [-0.15, -0.1) is 0 Å². The molecule has 0 radical (unpaired) electrons. The molecule has 2 atom stereocenters. The van der Waals surface area contributed by atoms with Crippen LogP contribution >= 0.6 is 0 Å². The predicted molar refractivity (Wildman–Crippen MR) is 113 cm³/mol. The van der Waals surface area contributed by atoms with Crippen LogP contribution in [0, 0.1) is 22.7 Å². The summed E-state index contributed by atoms with van der Waals surface area (Å²) in [7, 11) is 0. The molecule has 1 aromatic carbocycles. The minimum atomic E-state index is 0.0757. The Kier molecular flexibility index (Phi) is 3.81. The fourth-order valence-electron chi connectivity index (χ4n) is 5.09. The maximum Gasteiger partial charge on any atom is 0.0252 e. The van der Waals surface area contributed by atoms with Crippen molar-refractivity contribution < 1.29 is 0 Å². The van der Waals surface area contributed by atoms with Crippen molar-refractivity contribution in [1.29, 1.82) is 0 Å². The van der Waals surface area contributed by atoms with Gasteiger partial charge >= 0.3 is 0 Å². The van der Waals surface area contributed by atoms with Gasteiger partial charge in [0.25, 0.3) is 0 Å². The summed E-state index contributed by atoms with van der Waals surface area (Å²) in [5.41, 5.74) is 6.27. The maximum atomic E-state index is 2.53. The fraction of sp³-hybridized carbons (Fsp3) is 0.385. The van der Waals surface area contributed by atoms with E-state index in [-0.39, 0.29) is 10.8 Å². The van der Waals surface area contributed by atoms with E-state index in [9.17, 15) is 0 Å². The van der Waals surface area contributed by atoms with Crippen LogP contribution in [-0.4, -0.2) is 0 Å². The van der Waals surface area contributed by atoms with Crippen molar-refractivity contribution in [3.8, 4) is 0 Å². The van der Waals surface area contributed by atoms with Gasteiger partial charge in [-0.3, -0.25) is 0 Å². The summed E-state index contributed by atoms with van der Waals surface area (Å²) in [6.07, 6.45) is 14.1. The molecular formula is C26H30. The summed E-state index contributed by atoms with van der Waals surface area (Å²) < 4.78 is 0. The first-order valence-electron chi connectivity index (χ1n) is 9.81. The number of hydrogen-bond donors (Lipinski definition) is 0. The summed E-state index contributed by atoms with van der Waals surface area (Å²) in [6.45, 7) is 14.1. The highest BCUT2D eigenvalue weighted by atomic mass is 14.4. The quantitative estimate of drug-likeness (QED) is 0.682. The largest absolute Gasteiger partial charge is 0.0735 e. The Labute approximate surface area is 158 Å². The SMILES string of the molecule is CC1=CC(C(C)(C)C2=c3ccccc3=C3C=CC=CC32)C=C1C(C)(C)C. The molecule has 1 aromatic rings. The van der Waals surface area contributed by atoms with Gasteiger partial charge in [-0.05, 0) is 44.9 Å². The molecular weight excluding hydrogens is 312 g/mol. The van der Waals surface area contributed by atoms with Crippen molar-refractivity contribution in [2.45, 2.75) is 41.5 Å². The maximum absolute atomic E-state index is 2.53. The second-order valence-corrected chi connectivity index (χ2v) is 9.56. The summed E-state index contributed by atoms with van der Waals surface area (Å²) in [5, 5.41) is 2.86. The lowest BCUT2D eigenvalue weighted by molar-refractivity contribution is 0.404. The van der Waals surface area contributed by atoms with Gasteiger partial charge in [0.15, 0.2) is 0 Å². The molecule has 4 rings (SSSR count). The lowest BCUT2D eigenvalue weighted by Crippen LogP contribution is -2.32. The van der Waals surface area contributed by atoms with Crippen LogP contribution in [0.5, 0.6) is 0 Å². The minimum Gasteiger partial charge on any atom is -0.0735 e. The molecule has 0 N–H and O–H groups in total. The Balaban J connectivity index is 1.90.